The minimum absolute atomic E-state index is 0.329. The van der Waals surface area contributed by atoms with Crippen LogP contribution in [0.5, 0.6) is 5.75 Å². The van der Waals surface area contributed by atoms with Gasteiger partial charge in [-0.3, -0.25) is 0 Å². The fourth-order valence-corrected chi connectivity index (χ4v) is 4.66. The molecule has 1 saturated heterocycles. The minimum atomic E-state index is -3.42. The van der Waals surface area contributed by atoms with Crippen LogP contribution in [0.25, 0.3) is 0 Å². The van der Waals surface area contributed by atoms with E-state index in [2.05, 4.69) is 29.2 Å². The van der Waals surface area contributed by atoms with E-state index in [4.69, 9.17) is 24.5 Å². The smallest absolute Gasteiger partial charge is 0.414 e. The van der Waals surface area contributed by atoms with Gasteiger partial charge in [-0.2, -0.15) is 4.31 Å². The highest BCUT2D eigenvalue weighted by molar-refractivity contribution is 7.89. The molecule has 2 aromatic rings. The van der Waals surface area contributed by atoms with Crippen LogP contribution in [0.2, 0.25) is 0 Å². The number of methoxy groups -OCH3 is 1. The number of carbonyl (C=O) groups is 2. The van der Waals surface area contributed by atoms with Gasteiger partial charge in [0.05, 0.1) is 12.0 Å². The van der Waals surface area contributed by atoms with E-state index in [1.807, 2.05) is 6.07 Å². The van der Waals surface area contributed by atoms with Gasteiger partial charge in [0, 0.05) is 26.2 Å². The van der Waals surface area contributed by atoms with E-state index in [0.29, 0.717) is 23.7 Å². The summed E-state index contributed by atoms with van der Waals surface area (Å²) in [6.07, 6.45) is 2.15. The van der Waals surface area contributed by atoms with Crippen LogP contribution in [-0.4, -0.2) is 79.6 Å². The summed E-state index contributed by atoms with van der Waals surface area (Å²) < 4.78 is 32.2. The molecule has 0 bridgehead atoms. The Bertz CT molecular complexity index is 959. The Labute approximate surface area is 187 Å². The number of rotatable bonds is 7. The van der Waals surface area contributed by atoms with Gasteiger partial charge in [0.2, 0.25) is 10.0 Å². The van der Waals surface area contributed by atoms with Crippen molar-refractivity contribution in [2.24, 2.45) is 0 Å². The number of nitrogens with zero attached hydrogens (tertiary/aromatic N) is 2. The molecule has 0 radical (unpaired) electrons. The number of hydrogen-bond acceptors (Lipinski definition) is 6. The highest BCUT2D eigenvalue weighted by atomic mass is 32.2. The molecule has 2 aromatic carbocycles. The zero-order valence-electron chi connectivity index (χ0n) is 17.9. The molecule has 1 fully saturated rings. The molecule has 174 valence electrons. The van der Waals surface area contributed by atoms with Gasteiger partial charge in [-0.05, 0) is 49.2 Å². The second-order valence-electron chi connectivity index (χ2n) is 7.12. The second kappa shape index (κ2) is 12.2. The molecular weight excluding hydrogens is 436 g/mol. The Hall–Kier alpha value is -2.95. The molecule has 0 aliphatic carbocycles. The molecular formula is C22H28N2O7S. The number of carboxylic acids is 2. The number of hydrogen-bond donors (Lipinski definition) is 2. The molecule has 0 amide bonds. The maximum Gasteiger partial charge on any atom is 0.414 e. The number of carboxylic acid groups (broad SMARTS) is 2. The van der Waals surface area contributed by atoms with E-state index in [-0.39, 0.29) is 0 Å². The predicted octanol–water partition coefficient (Wildman–Crippen LogP) is 1.79. The molecule has 0 atom stereocenters. The van der Waals surface area contributed by atoms with Gasteiger partial charge in [-0.25, -0.2) is 18.0 Å². The molecule has 0 unspecified atom stereocenters. The van der Waals surface area contributed by atoms with Crippen molar-refractivity contribution >= 4 is 22.0 Å². The van der Waals surface area contributed by atoms with E-state index in [1.54, 1.807) is 35.7 Å². The van der Waals surface area contributed by atoms with E-state index in [0.717, 1.165) is 32.5 Å². The van der Waals surface area contributed by atoms with Crippen LogP contribution in [0.3, 0.4) is 0 Å². The van der Waals surface area contributed by atoms with Gasteiger partial charge in [0.25, 0.3) is 0 Å². The fraction of sp³-hybridized carbons (Fsp3) is 0.364. The molecule has 1 aliphatic heterocycles. The number of aliphatic carboxylic acids is 2. The first-order chi connectivity index (χ1) is 15.2. The summed E-state index contributed by atoms with van der Waals surface area (Å²) in [6.45, 7) is 3.65. The molecule has 0 saturated carbocycles. The quantitative estimate of drug-likeness (QED) is 0.595. The van der Waals surface area contributed by atoms with Crippen LogP contribution >= 0.6 is 0 Å². The van der Waals surface area contributed by atoms with Crippen molar-refractivity contribution in [3.63, 3.8) is 0 Å². The zero-order chi connectivity index (χ0) is 23.6. The minimum Gasteiger partial charge on any atom is -0.497 e. The Morgan fingerprint density at radius 2 is 1.47 bits per heavy atom. The van der Waals surface area contributed by atoms with Crippen molar-refractivity contribution in [2.75, 3.05) is 39.8 Å². The van der Waals surface area contributed by atoms with Crippen LogP contribution < -0.4 is 4.74 Å². The predicted molar refractivity (Wildman–Crippen MR) is 118 cm³/mol. The fourth-order valence-electron chi connectivity index (χ4n) is 3.24. The van der Waals surface area contributed by atoms with Crippen molar-refractivity contribution in [3.05, 3.63) is 60.2 Å². The van der Waals surface area contributed by atoms with Crippen molar-refractivity contribution in [3.8, 4) is 5.75 Å². The monoisotopic (exact) mass is 464 g/mol. The van der Waals surface area contributed by atoms with E-state index in [1.165, 1.54) is 5.56 Å². The SMILES string of the molecule is COc1ccc(S(=O)(=O)N2CCN(CCCc3ccccc3)CC2)cc1.O=C(O)C(=O)O. The van der Waals surface area contributed by atoms with Crippen LogP contribution in [0.15, 0.2) is 59.5 Å². The topological polar surface area (TPSA) is 124 Å². The summed E-state index contributed by atoms with van der Waals surface area (Å²) in [7, 11) is -1.85. The normalized spacial score (nSPS) is 14.8. The number of benzene rings is 2. The molecule has 0 aromatic heterocycles. The lowest BCUT2D eigenvalue weighted by Crippen LogP contribution is -2.48. The summed E-state index contributed by atoms with van der Waals surface area (Å²) in [5.41, 5.74) is 1.35. The Morgan fingerprint density at radius 3 is 1.97 bits per heavy atom. The highest BCUT2D eigenvalue weighted by Gasteiger charge is 2.28. The standard InChI is InChI=1S/C20H26N2O3S.C2H2O4/c1-25-19-9-11-20(12-10-19)26(23,24)22-16-14-21(15-17-22)13-5-8-18-6-3-2-4-7-18;3-1(4)2(5)6/h2-4,6-7,9-12H,5,8,13-17H2,1H3;(H,3,4)(H,5,6). The third kappa shape index (κ3) is 7.63. The van der Waals surface area contributed by atoms with Crippen LogP contribution in [-0.2, 0) is 26.0 Å². The van der Waals surface area contributed by atoms with Gasteiger partial charge in [0.15, 0.2) is 0 Å². The molecule has 10 heteroatoms. The maximum absolute atomic E-state index is 12.8. The average Bonchev–Trinajstić information content (AvgIpc) is 2.80. The molecule has 0 spiro atoms. The molecule has 9 nitrogen and oxygen atoms in total. The number of ether oxygens (including phenoxy) is 1. The zero-order valence-corrected chi connectivity index (χ0v) is 18.7. The van der Waals surface area contributed by atoms with E-state index in [9.17, 15) is 8.42 Å². The van der Waals surface area contributed by atoms with E-state index < -0.39 is 22.0 Å². The van der Waals surface area contributed by atoms with Crippen molar-refractivity contribution < 1.29 is 33.0 Å². The van der Waals surface area contributed by atoms with Gasteiger partial charge in [-0.1, -0.05) is 30.3 Å². The first-order valence-corrected chi connectivity index (χ1v) is 11.5. The lowest BCUT2D eigenvalue weighted by atomic mass is 10.1. The largest absolute Gasteiger partial charge is 0.497 e. The Kier molecular flexibility index (Phi) is 9.63. The number of piperazine rings is 1. The number of sulfonamides is 1. The lowest BCUT2D eigenvalue weighted by molar-refractivity contribution is -0.159. The van der Waals surface area contributed by atoms with Crippen molar-refractivity contribution in [1.29, 1.82) is 0 Å². The summed E-state index contributed by atoms with van der Waals surface area (Å²) in [5.74, 6) is -2.99. The van der Waals surface area contributed by atoms with Gasteiger partial charge in [0.1, 0.15) is 5.75 Å². The van der Waals surface area contributed by atoms with Gasteiger partial charge < -0.3 is 19.8 Å². The average molecular weight is 465 g/mol. The van der Waals surface area contributed by atoms with E-state index >= 15 is 0 Å². The molecule has 32 heavy (non-hydrogen) atoms. The lowest BCUT2D eigenvalue weighted by Gasteiger charge is -2.34. The van der Waals surface area contributed by atoms with Crippen molar-refractivity contribution in [1.82, 2.24) is 9.21 Å². The third-order valence-electron chi connectivity index (χ3n) is 4.99. The molecule has 1 aliphatic rings. The maximum atomic E-state index is 12.8. The van der Waals surface area contributed by atoms with Gasteiger partial charge in [-0.15, -0.1) is 0 Å². The summed E-state index contributed by atoms with van der Waals surface area (Å²) in [6, 6.07) is 17.1. The van der Waals surface area contributed by atoms with Crippen LogP contribution in [0.4, 0.5) is 0 Å². The summed E-state index contributed by atoms with van der Waals surface area (Å²) in [4.78, 5) is 20.9. The Balaban J connectivity index is 0.000000534. The highest BCUT2D eigenvalue weighted by Crippen LogP contribution is 2.20. The van der Waals surface area contributed by atoms with Crippen molar-refractivity contribution in [2.45, 2.75) is 17.7 Å². The van der Waals surface area contributed by atoms with Crippen LogP contribution in [0.1, 0.15) is 12.0 Å². The first kappa shape index (κ1) is 25.3. The second-order valence-corrected chi connectivity index (χ2v) is 9.06. The summed E-state index contributed by atoms with van der Waals surface area (Å²) >= 11 is 0. The first-order valence-electron chi connectivity index (χ1n) is 10.1. The number of aryl methyl sites for hydroxylation is 1. The molecule has 1 heterocycles. The molecule has 2 N–H and O–H groups in total. The summed E-state index contributed by atoms with van der Waals surface area (Å²) in [5, 5.41) is 14.8. The van der Waals surface area contributed by atoms with Crippen LogP contribution in [0, 0.1) is 0 Å². The van der Waals surface area contributed by atoms with Gasteiger partial charge >= 0.3 is 11.9 Å². The Morgan fingerprint density at radius 1 is 0.906 bits per heavy atom. The molecule has 3 rings (SSSR count). The third-order valence-corrected chi connectivity index (χ3v) is 6.91.